The van der Waals surface area contributed by atoms with Gasteiger partial charge in [0.25, 0.3) is 0 Å². The van der Waals surface area contributed by atoms with Gasteiger partial charge in [0.1, 0.15) is 11.4 Å². The zero-order valence-electron chi connectivity index (χ0n) is 10.5. The summed E-state index contributed by atoms with van der Waals surface area (Å²) < 4.78 is 5.71. The van der Waals surface area contributed by atoms with E-state index in [1.807, 2.05) is 39.0 Å². The predicted octanol–water partition coefficient (Wildman–Crippen LogP) is 4.34. The maximum atomic E-state index is 10.6. The van der Waals surface area contributed by atoms with Crippen LogP contribution in [0.5, 0.6) is 0 Å². The Kier molecular flexibility index (Phi) is 2.75. The molecule has 2 rings (SSSR count). The van der Waals surface area contributed by atoms with E-state index in [1.54, 1.807) is 13.0 Å². The average Bonchev–Trinajstić information content (AvgIpc) is 2.61. The van der Waals surface area contributed by atoms with Crippen LogP contribution in [0.1, 0.15) is 33.5 Å². The van der Waals surface area contributed by atoms with E-state index in [0.717, 1.165) is 5.39 Å². The van der Waals surface area contributed by atoms with E-state index < -0.39 is 5.60 Å². The molecule has 0 aliphatic rings. The van der Waals surface area contributed by atoms with Gasteiger partial charge in [-0.3, -0.25) is 0 Å². The highest BCUT2D eigenvalue weighted by Gasteiger charge is 2.40. The molecule has 17 heavy (non-hydrogen) atoms. The van der Waals surface area contributed by atoms with Crippen molar-refractivity contribution < 1.29 is 9.52 Å². The van der Waals surface area contributed by atoms with E-state index in [4.69, 9.17) is 16.0 Å². The van der Waals surface area contributed by atoms with Crippen molar-refractivity contribution >= 4 is 22.6 Å². The van der Waals surface area contributed by atoms with Gasteiger partial charge in [0.2, 0.25) is 0 Å². The molecule has 1 N–H and O–H groups in total. The Morgan fingerprint density at radius 3 is 2.35 bits per heavy atom. The van der Waals surface area contributed by atoms with Gasteiger partial charge in [-0.05, 0) is 24.5 Å². The van der Waals surface area contributed by atoms with Crippen LogP contribution in [0, 0.1) is 5.41 Å². The monoisotopic (exact) mass is 252 g/mol. The van der Waals surface area contributed by atoms with Crippen molar-refractivity contribution in [2.24, 2.45) is 5.41 Å². The van der Waals surface area contributed by atoms with Crippen LogP contribution in [0.3, 0.4) is 0 Å². The quantitative estimate of drug-likeness (QED) is 0.819. The third-order valence-electron chi connectivity index (χ3n) is 3.44. The number of hydrogen-bond donors (Lipinski definition) is 1. The number of benzene rings is 1. The molecule has 1 heterocycles. The minimum atomic E-state index is -1.03. The van der Waals surface area contributed by atoms with Crippen LogP contribution < -0.4 is 0 Å². The highest BCUT2D eigenvalue weighted by molar-refractivity contribution is 6.34. The van der Waals surface area contributed by atoms with Gasteiger partial charge in [0, 0.05) is 5.39 Å². The molecule has 0 spiro atoms. The van der Waals surface area contributed by atoms with Gasteiger partial charge in [0.15, 0.2) is 5.58 Å². The Morgan fingerprint density at radius 1 is 1.18 bits per heavy atom. The number of para-hydroxylation sites is 1. The Morgan fingerprint density at radius 2 is 1.82 bits per heavy atom. The number of aliphatic hydroxyl groups is 1. The summed E-state index contributed by atoms with van der Waals surface area (Å²) in [5.74, 6) is 0.549. The first-order valence-corrected chi connectivity index (χ1v) is 6.02. The van der Waals surface area contributed by atoms with Crippen molar-refractivity contribution in [1.82, 2.24) is 0 Å². The summed E-state index contributed by atoms with van der Waals surface area (Å²) in [6, 6.07) is 7.43. The lowest BCUT2D eigenvalue weighted by Crippen LogP contribution is -2.36. The summed E-state index contributed by atoms with van der Waals surface area (Å²) in [4.78, 5) is 0. The Balaban J connectivity index is 2.62. The maximum absolute atomic E-state index is 10.6. The first-order valence-electron chi connectivity index (χ1n) is 5.64. The predicted molar refractivity (Wildman–Crippen MR) is 70.2 cm³/mol. The lowest BCUT2D eigenvalue weighted by molar-refractivity contribution is -0.0627. The summed E-state index contributed by atoms with van der Waals surface area (Å²) >= 11 is 6.06. The first-order chi connectivity index (χ1) is 7.73. The molecular weight excluding hydrogens is 236 g/mol. The van der Waals surface area contributed by atoms with Gasteiger partial charge in [-0.25, -0.2) is 0 Å². The summed E-state index contributed by atoms with van der Waals surface area (Å²) in [7, 11) is 0. The number of rotatable bonds is 1. The fourth-order valence-corrected chi connectivity index (χ4v) is 1.86. The number of fused-ring (bicyclic) bond motifs is 1. The van der Waals surface area contributed by atoms with E-state index >= 15 is 0 Å². The van der Waals surface area contributed by atoms with Crippen molar-refractivity contribution in [1.29, 1.82) is 0 Å². The fourth-order valence-electron chi connectivity index (χ4n) is 1.64. The molecule has 1 aromatic heterocycles. The lowest BCUT2D eigenvalue weighted by atomic mass is 9.76. The number of hydrogen-bond acceptors (Lipinski definition) is 2. The Bertz CT molecular complexity index is 547. The Labute approximate surface area is 106 Å². The van der Waals surface area contributed by atoms with Crippen LogP contribution >= 0.6 is 11.6 Å². The van der Waals surface area contributed by atoms with Crippen LogP contribution in [-0.2, 0) is 5.60 Å². The minimum Gasteiger partial charge on any atom is -0.456 e. The standard InChI is InChI=1S/C14H17ClO2/c1-13(2,3)14(4,16)11-8-9-6-5-7-10(15)12(9)17-11/h5-8,16H,1-4H3. The summed E-state index contributed by atoms with van der Waals surface area (Å²) in [6.45, 7) is 7.68. The van der Waals surface area contributed by atoms with E-state index in [-0.39, 0.29) is 5.41 Å². The van der Waals surface area contributed by atoms with E-state index in [0.29, 0.717) is 16.4 Å². The smallest absolute Gasteiger partial charge is 0.153 e. The van der Waals surface area contributed by atoms with E-state index in [9.17, 15) is 5.11 Å². The zero-order chi connectivity index (χ0) is 12.8. The topological polar surface area (TPSA) is 33.4 Å². The lowest BCUT2D eigenvalue weighted by Gasteiger charge is -2.35. The molecule has 0 saturated carbocycles. The molecule has 92 valence electrons. The summed E-state index contributed by atoms with van der Waals surface area (Å²) in [5.41, 5.74) is -0.711. The SMILES string of the molecule is CC(C)(C)C(C)(O)c1cc2cccc(Cl)c2o1. The van der Waals surface area contributed by atoms with E-state index in [2.05, 4.69) is 0 Å². The average molecular weight is 253 g/mol. The van der Waals surface area contributed by atoms with Gasteiger partial charge in [0.05, 0.1) is 5.02 Å². The molecule has 0 aliphatic heterocycles. The van der Waals surface area contributed by atoms with Gasteiger partial charge < -0.3 is 9.52 Å². The third kappa shape index (κ3) is 1.96. The number of furan rings is 1. The minimum absolute atomic E-state index is 0.312. The first kappa shape index (κ1) is 12.5. The third-order valence-corrected chi connectivity index (χ3v) is 3.73. The molecule has 0 bridgehead atoms. The molecule has 0 fully saturated rings. The molecule has 0 amide bonds. The normalized spacial score (nSPS) is 16.1. The molecule has 1 unspecified atom stereocenters. The fraction of sp³-hybridized carbons (Fsp3) is 0.429. The second-order valence-electron chi connectivity index (χ2n) is 5.59. The molecule has 1 atom stereocenters. The summed E-state index contributed by atoms with van der Waals surface area (Å²) in [6.07, 6.45) is 0. The maximum Gasteiger partial charge on any atom is 0.153 e. The van der Waals surface area contributed by atoms with Gasteiger partial charge in [-0.2, -0.15) is 0 Å². The Hall–Kier alpha value is -0.990. The van der Waals surface area contributed by atoms with E-state index in [1.165, 1.54) is 0 Å². The molecule has 1 aromatic carbocycles. The highest BCUT2D eigenvalue weighted by Crippen LogP contribution is 2.41. The zero-order valence-corrected chi connectivity index (χ0v) is 11.3. The second kappa shape index (κ2) is 3.76. The molecule has 2 aromatic rings. The van der Waals surface area contributed by atoms with Crippen LogP contribution in [0.15, 0.2) is 28.7 Å². The molecule has 2 nitrogen and oxygen atoms in total. The highest BCUT2D eigenvalue weighted by atomic mass is 35.5. The molecule has 0 saturated heterocycles. The van der Waals surface area contributed by atoms with Gasteiger partial charge in [-0.1, -0.05) is 44.5 Å². The molecule has 3 heteroatoms. The second-order valence-corrected chi connectivity index (χ2v) is 6.00. The van der Waals surface area contributed by atoms with Crippen molar-refractivity contribution in [3.05, 3.63) is 35.0 Å². The van der Waals surface area contributed by atoms with Crippen molar-refractivity contribution in [2.45, 2.75) is 33.3 Å². The number of halogens is 1. The van der Waals surface area contributed by atoms with Crippen LogP contribution in [0.4, 0.5) is 0 Å². The van der Waals surface area contributed by atoms with Crippen molar-refractivity contribution in [3.8, 4) is 0 Å². The van der Waals surface area contributed by atoms with Crippen LogP contribution in [0.25, 0.3) is 11.0 Å². The molecule has 0 radical (unpaired) electrons. The van der Waals surface area contributed by atoms with Crippen LogP contribution in [-0.4, -0.2) is 5.11 Å². The van der Waals surface area contributed by atoms with Crippen LogP contribution in [0.2, 0.25) is 5.02 Å². The van der Waals surface area contributed by atoms with Gasteiger partial charge >= 0.3 is 0 Å². The van der Waals surface area contributed by atoms with Crippen molar-refractivity contribution in [2.75, 3.05) is 0 Å². The van der Waals surface area contributed by atoms with Crippen molar-refractivity contribution in [3.63, 3.8) is 0 Å². The molecular formula is C14H17ClO2. The largest absolute Gasteiger partial charge is 0.456 e. The van der Waals surface area contributed by atoms with Gasteiger partial charge in [-0.15, -0.1) is 0 Å². The summed E-state index contributed by atoms with van der Waals surface area (Å²) in [5, 5.41) is 12.1. The molecule has 0 aliphatic carbocycles.